The average Bonchev–Trinajstić information content (AvgIpc) is 2.78. The molecule has 1 aromatic carbocycles. The predicted octanol–water partition coefficient (Wildman–Crippen LogP) is 2.12. The molecule has 2 aliphatic rings. The van der Waals surface area contributed by atoms with E-state index < -0.39 is 5.97 Å². The molecule has 3 nitrogen and oxygen atoms in total. The molecule has 0 aromatic heterocycles. The molecule has 1 heterocycles. The van der Waals surface area contributed by atoms with Crippen molar-refractivity contribution in [2.24, 2.45) is 5.92 Å². The summed E-state index contributed by atoms with van der Waals surface area (Å²) in [5.74, 6) is -0.372. The predicted molar refractivity (Wildman–Crippen MR) is 69.4 cm³/mol. The van der Waals surface area contributed by atoms with Crippen molar-refractivity contribution in [1.29, 1.82) is 0 Å². The summed E-state index contributed by atoms with van der Waals surface area (Å²) >= 11 is 0. The topological polar surface area (TPSA) is 40.5 Å². The van der Waals surface area contributed by atoms with Gasteiger partial charge in [0.15, 0.2) is 0 Å². The summed E-state index contributed by atoms with van der Waals surface area (Å²) in [5.41, 5.74) is 1.39. The van der Waals surface area contributed by atoms with Gasteiger partial charge in [0, 0.05) is 25.0 Å². The molecular formula is C15H17NO2. The number of hydrogen-bond donors (Lipinski definition) is 1. The monoisotopic (exact) mass is 243 g/mol. The van der Waals surface area contributed by atoms with Gasteiger partial charge in [-0.2, -0.15) is 0 Å². The fraction of sp³-hybridized carbons (Fsp3) is 0.400. The van der Waals surface area contributed by atoms with Crippen LogP contribution in [0.1, 0.15) is 17.9 Å². The van der Waals surface area contributed by atoms with E-state index in [2.05, 4.69) is 35.2 Å². The molecule has 3 rings (SSSR count). The van der Waals surface area contributed by atoms with Crippen LogP contribution < -0.4 is 0 Å². The van der Waals surface area contributed by atoms with Crippen LogP contribution in [0.4, 0.5) is 0 Å². The maximum atomic E-state index is 10.9. The molecule has 2 unspecified atom stereocenters. The maximum Gasteiger partial charge on any atom is 0.310 e. The minimum atomic E-state index is -0.700. The Hall–Kier alpha value is -1.61. The number of carboxylic acid groups (broad SMARTS) is 1. The number of carboxylic acids is 1. The van der Waals surface area contributed by atoms with Crippen molar-refractivity contribution < 1.29 is 9.90 Å². The number of aliphatic carboxylic acids is 1. The van der Waals surface area contributed by atoms with Gasteiger partial charge in [-0.05, 0) is 12.0 Å². The summed E-state index contributed by atoms with van der Waals surface area (Å²) in [6.45, 7) is 2.09. The average molecular weight is 243 g/mol. The molecule has 1 aromatic rings. The zero-order valence-electron chi connectivity index (χ0n) is 10.2. The lowest BCUT2D eigenvalue weighted by atomic mass is 9.89. The SMILES string of the molecule is O=C(O)C1C=CC(N2CC(c3ccccc3)C2)C1. The first kappa shape index (κ1) is 11.5. The molecule has 94 valence electrons. The van der Waals surface area contributed by atoms with Crippen molar-refractivity contribution in [3.05, 3.63) is 48.0 Å². The first-order valence-electron chi connectivity index (χ1n) is 6.44. The van der Waals surface area contributed by atoms with Gasteiger partial charge in [0.1, 0.15) is 0 Å². The molecule has 1 aliphatic carbocycles. The largest absolute Gasteiger partial charge is 0.481 e. The molecule has 0 amide bonds. The Kier molecular flexibility index (Phi) is 2.92. The van der Waals surface area contributed by atoms with E-state index >= 15 is 0 Å². The number of carbonyl (C=O) groups is 1. The number of rotatable bonds is 3. The zero-order chi connectivity index (χ0) is 12.5. The highest BCUT2D eigenvalue weighted by Crippen LogP contribution is 2.33. The molecule has 18 heavy (non-hydrogen) atoms. The molecule has 3 heteroatoms. The summed E-state index contributed by atoms with van der Waals surface area (Å²) < 4.78 is 0. The quantitative estimate of drug-likeness (QED) is 0.827. The highest BCUT2D eigenvalue weighted by atomic mass is 16.4. The highest BCUT2D eigenvalue weighted by Gasteiger charge is 2.36. The lowest BCUT2D eigenvalue weighted by Gasteiger charge is -2.43. The van der Waals surface area contributed by atoms with Gasteiger partial charge in [0.2, 0.25) is 0 Å². The maximum absolute atomic E-state index is 10.9. The van der Waals surface area contributed by atoms with E-state index in [1.807, 2.05) is 12.1 Å². The van der Waals surface area contributed by atoms with Gasteiger partial charge in [-0.15, -0.1) is 0 Å². The minimum Gasteiger partial charge on any atom is -0.481 e. The summed E-state index contributed by atoms with van der Waals surface area (Å²) in [7, 11) is 0. The van der Waals surface area contributed by atoms with E-state index in [9.17, 15) is 4.79 Å². The molecule has 0 saturated carbocycles. The van der Waals surface area contributed by atoms with Gasteiger partial charge in [-0.3, -0.25) is 9.69 Å². The van der Waals surface area contributed by atoms with Crippen molar-refractivity contribution in [2.75, 3.05) is 13.1 Å². The van der Waals surface area contributed by atoms with Crippen molar-refractivity contribution in [2.45, 2.75) is 18.4 Å². The van der Waals surface area contributed by atoms with E-state index in [1.54, 1.807) is 0 Å². The van der Waals surface area contributed by atoms with Crippen LogP contribution in [0.3, 0.4) is 0 Å². The Bertz CT molecular complexity index is 463. The summed E-state index contributed by atoms with van der Waals surface area (Å²) in [5, 5.41) is 8.96. The number of nitrogens with zero attached hydrogens (tertiary/aromatic N) is 1. The summed E-state index contributed by atoms with van der Waals surface area (Å²) in [4.78, 5) is 13.3. The number of benzene rings is 1. The molecule has 0 radical (unpaired) electrons. The molecule has 0 spiro atoms. The molecule has 1 N–H and O–H groups in total. The molecule has 1 saturated heterocycles. The zero-order valence-corrected chi connectivity index (χ0v) is 10.2. The third-order valence-corrected chi connectivity index (χ3v) is 4.03. The van der Waals surface area contributed by atoms with Crippen molar-refractivity contribution >= 4 is 5.97 Å². The van der Waals surface area contributed by atoms with Gasteiger partial charge >= 0.3 is 5.97 Å². The standard InChI is InChI=1S/C15H17NO2/c17-15(18)12-6-7-14(8-12)16-9-13(10-16)11-4-2-1-3-5-11/h1-7,12-14H,8-10H2,(H,17,18). The first-order chi connectivity index (χ1) is 8.74. The Morgan fingerprint density at radius 2 is 1.89 bits per heavy atom. The van der Waals surface area contributed by atoms with Crippen molar-refractivity contribution in [1.82, 2.24) is 4.90 Å². The smallest absolute Gasteiger partial charge is 0.310 e. The lowest BCUT2D eigenvalue weighted by molar-refractivity contribution is -0.140. The molecular weight excluding hydrogens is 226 g/mol. The Labute approximate surface area is 107 Å². The highest BCUT2D eigenvalue weighted by molar-refractivity contribution is 5.73. The summed E-state index contributed by atoms with van der Waals surface area (Å²) in [6, 6.07) is 10.9. The van der Waals surface area contributed by atoms with Crippen LogP contribution in [0, 0.1) is 5.92 Å². The van der Waals surface area contributed by atoms with E-state index in [0.717, 1.165) is 19.5 Å². The van der Waals surface area contributed by atoms with Crippen LogP contribution in [0.2, 0.25) is 0 Å². The van der Waals surface area contributed by atoms with Crippen LogP contribution in [0.15, 0.2) is 42.5 Å². The van der Waals surface area contributed by atoms with Gasteiger partial charge in [-0.1, -0.05) is 42.5 Å². The van der Waals surface area contributed by atoms with E-state index in [1.165, 1.54) is 5.56 Å². The second-order valence-corrected chi connectivity index (χ2v) is 5.19. The Morgan fingerprint density at radius 3 is 2.50 bits per heavy atom. The number of hydrogen-bond acceptors (Lipinski definition) is 2. The van der Waals surface area contributed by atoms with Crippen LogP contribution in [0.5, 0.6) is 0 Å². The van der Waals surface area contributed by atoms with Gasteiger partial charge < -0.3 is 5.11 Å². The third kappa shape index (κ3) is 2.06. The Balaban J connectivity index is 1.55. The van der Waals surface area contributed by atoms with Crippen LogP contribution in [0.25, 0.3) is 0 Å². The van der Waals surface area contributed by atoms with E-state index in [0.29, 0.717) is 12.0 Å². The molecule has 2 atom stereocenters. The fourth-order valence-electron chi connectivity index (χ4n) is 2.85. The third-order valence-electron chi connectivity index (χ3n) is 4.03. The van der Waals surface area contributed by atoms with Crippen molar-refractivity contribution in [3.63, 3.8) is 0 Å². The van der Waals surface area contributed by atoms with Crippen LogP contribution in [-0.4, -0.2) is 35.1 Å². The van der Waals surface area contributed by atoms with Gasteiger partial charge in [-0.25, -0.2) is 0 Å². The van der Waals surface area contributed by atoms with Gasteiger partial charge in [0.05, 0.1) is 5.92 Å². The minimum absolute atomic E-state index is 0.286. The second-order valence-electron chi connectivity index (χ2n) is 5.19. The molecule has 0 bridgehead atoms. The van der Waals surface area contributed by atoms with Crippen LogP contribution in [-0.2, 0) is 4.79 Å². The van der Waals surface area contributed by atoms with E-state index in [-0.39, 0.29) is 5.92 Å². The van der Waals surface area contributed by atoms with Crippen LogP contribution >= 0.6 is 0 Å². The Morgan fingerprint density at radius 1 is 1.17 bits per heavy atom. The normalized spacial score (nSPS) is 28.2. The first-order valence-corrected chi connectivity index (χ1v) is 6.44. The summed E-state index contributed by atoms with van der Waals surface area (Å²) in [6.07, 6.45) is 4.62. The fourth-order valence-corrected chi connectivity index (χ4v) is 2.85. The van der Waals surface area contributed by atoms with E-state index in [4.69, 9.17) is 5.11 Å². The number of likely N-dealkylation sites (tertiary alicyclic amines) is 1. The second kappa shape index (κ2) is 4.58. The van der Waals surface area contributed by atoms with Crippen molar-refractivity contribution in [3.8, 4) is 0 Å². The molecule has 1 aliphatic heterocycles. The molecule has 1 fully saturated rings. The van der Waals surface area contributed by atoms with Gasteiger partial charge in [0.25, 0.3) is 0 Å². The lowest BCUT2D eigenvalue weighted by Crippen LogP contribution is -2.49.